The average Bonchev–Trinajstić information content (AvgIpc) is 2.79. The quantitative estimate of drug-likeness (QED) is 0.717. The van der Waals surface area contributed by atoms with Gasteiger partial charge in [-0.05, 0) is 31.9 Å². The fourth-order valence-corrected chi connectivity index (χ4v) is 2.46. The number of H-pyrrole nitrogens is 1. The number of fused-ring (bicyclic) bond motifs is 1. The van der Waals surface area contributed by atoms with Gasteiger partial charge in [-0.25, -0.2) is 4.79 Å². The van der Waals surface area contributed by atoms with E-state index in [0.29, 0.717) is 0 Å². The van der Waals surface area contributed by atoms with Crippen molar-refractivity contribution in [3.63, 3.8) is 0 Å². The third-order valence-electron chi connectivity index (χ3n) is 3.61. The number of carboxylic acid groups (broad SMARTS) is 1. The first-order valence-electron chi connectivity index (χ1n) is 7.22. The molecule has 0 aliphatic carbocycles. The molecule has 2 rings (SSSR count). The van der Waals surface area contributed by atoms with Crippen molar-refractivity contribution in [3.05, 3.63) is 47.7 Å². The lowest BCUT2D eigenvalue weighted by Gasteiger charge is -2.12. The standard InChI is InChI=1S/C17H20N2O3/c1-3-4-8-15(17(21)22)19-16(20)10-13-11(2)18-14-9-6-5-7-12(13)14/h3-7,9,15,18H,8,10H2,1-2H3,(H,19,20)(H,21,22)/b4-3+. The van der Waals surface area contributed by atoms with Crippen LogP contribution in [0.15, 0.2) is 36.4 Å². The molecule has 5 heteroatoms. The van der Waals surface area contributed by atoms with E-state index < -0.39 is 12.0 Å². The van der Waals surface area contributed by atoms with E-state index in [1.54, 1.807) is 12.2 Å². The van der Waals surface area contributed by atoms with Crippen molar-refractivity contribution >= 4 is 22.8 Å². The average molecular weight is 300 g/mol. The van der Waals surface area contributed by atoms with Crippen LogP contribution >= 0.6 is 0 Å². The monoisotopic (exact) mass is 300 g/mol. The van der Waals surface area contributed by atoms with Crippen LogP contribution in [0.1, 0.15) is 24.6 Å². The van der Waals surface area contributed by atoms with Crippen molar-refractivity contribution in [2.45, 2.75) is 32.7 Å². The Bertz CT molecular complexity index is 716. The Hall–Kier alpha value is -2.56. The van der Waals surface area contributed by atoms with E-state index in [1.165, 1.54) is 0 Å². The number of aromatic nitrogens is 1. The maximum Gasteiger partial charge on any atom is 0.326 e. The summed E-state index contributed by atoms with van der Waals surface area (Å²) in [6.07, 6.45) is 3.95. The van der Waals surface area contributed by atoms with E-state index in [9.17, 15) is 9.59 Å². The Balaban J connectivity index is 2.13. The molecule has 0 aliphatic heterocycles. The Kier molecular flexibility index (Phi) is 4.99. The fraction of sp³-hybridized carbons (Fsp3) is 0.294. The Morgan fingerprint density at radius 2 is 2.09 bits per heavy atom. The van der Waals surface area contributed by atoms with Crippen LogP contribution in [0.4, 0.5) is 0 Å². The van der Waals surface area contributed by atoms with Crippen molar-refractivity contribution < 1.29 is 14.7 Å². The molecule has 0 fully saturated rings. The predicted molar refractivity (Wildman–Crippen MR) is 85.7 cm³/mol. The highest BCUT2D eigenvalue weighted by molar-refractivity contribution is 5.91. The zero-order chi connectivity index (χ0) is 16.1. The van der Waals surface area contributed by atoms with Gasteiger partial charge < -0.3 is 15.4 Å². The second kappa shape index (κ2) is 6.93. The van der Waals surface area contributed by atoms with Gasteiger partial charge in [0.05, 0.1) is 6.42 Å². The van der Waals surface area contributed by atoms with Crippen LogP contribution in [0.25, 0.3) is 10.9 Å². The van der Waals surface area contributed by atoms with Gasteiger partial charge in [0.2, 0.25) is 5.91 Å². The summed E-state index contributed by atoms with van der Waals surface area (Å²) in [6.45, 7) is 3.73. The molecule has 5 nitrogen and oxygen atoms in total. The number of aromatic amines is 1. The first-order valence-corrected chi connectivity index (χ1v) is 7.22. The summed E-state index contributed by atoms with van der Waals surface area (Å²) in [5, 5.41) is 12.7. The van der Waals surface area contributed by atoms with E-state index in [4.69, 9.17) is 5.11 Å². The van der Waals surface area contributed by atoms with Gasteiger partial charge in [-0.2, -0.15) is 0 Å². The number of para-hydroxylation sites is 1. The second-order valence-electron chi connectivity index (χ2n) is 5.21. The zero-order valence-corrected chi connectivity index (χ0v) is 12.7. The third-order valence-corrected chi connectivity index (χ3v) is 3.61. The summed E-state index contributed by atoms with van der Waals surface area (Å²) in [5.74, 6) is -1.31. The molecule has 0 radical (unpaired) electrons. The van der Waals surface area contributed by atoms with Crippen molar-refractivity contribution in [3.8, 4) is 0 Å². The summed E-state index contributed by atoms with van der Waals surface area (Å²) in [4.78, 5) is 26.6. The molecule has 0 saturated heterocycles. The topological polar surface area (TPSA) is 82.2 Å². The minimum Gasteiger partial charge on any atom is -0.480 e. The number of amides is 1. The summed E-state index contributed by atoms with van der Waals surface area (Å²) in [5.41, 5.74) is 2.81. The molecule has 116 valence electrons. The number of hydrogen-bond donors (Lipinski definition) is 3. The van der Waals surface area contributed by atoms with Crippen LogP contribution in [-0.2, 0) is 16.0 Å². The van der Waals surface area contributed by atoms with Gasteiger partial charge >= 0.3 is 5.97 Å². The minimum atomic E-state index is -1.03. The van der Waals surface area contributed by atoms with Gasteiger partial charge in [0.25, 0.3) is 0 Å². The van der Waals surface area contributed by atoms with Crippen LogP contribution in [-0.4, -0.2) is 28.0 Å². The molecular formula is C17H20N2O3. The number of carbonyl (C=O) groups is 2. The summed E-state index contributed by atoms with van der Waals surface area (Å²) in [7, 11) is 0. The molecule has 1 heterocycles. The van der Waals surface area contributed by atoms with E-state index in [1.807, 2.05) is 38.1 Å². The lowest BCUT2D eigenvalue weighted by Crippen LogP contribution is -2.41. The number of benzene rings is 1. The molecule has 1 amide bonds. The summed E-state index contributed by atoms with van der Waals surface area (Å²) < 4.78 is 0. The van der Waals surface area contributed by atoms with Gasteiger partial charge in [-0.1, -0.05) is 30.4 Å². The molecule has 1 atom stereocenters. The van der Waals surface area contributed by atoms with Gasteiger partial charge in [0, 0.05) is 16.6 Å². The molecule has 0 spiro atoms. The lowest BCUT2D eigenvalue weighted by molar-refractivity contribution is -0.141. The number of aliphatic carboxylic acids is 1. The Morgan fingerprint density at radius 1 is 1.36 bits per heavy atom. The molecule has 22 heavy (non-hydrogen) atoms. The zero-order valence-electron chi connectivity index (χ0n) is 12.7. The first-order chi connectivity index (χ1) is 10.5. The molecule has 3 N–H and O–H groups in total. The van der Waals surface area contributed by atoms with Gasteiger partial charge in [-0.15, -0.1) is 0 Å². The fourth-order valence-electron chi connectivity index (χ4n) is 2.46. The molecule has 1 unspecified atom stereocenters. The maximum absolute atomic E-state index is 12.2. The highest BCUT2D eigenvalue weighted by Gasteiger charge is 2.20. The normalized spacial score (nSPS) is 12.6. The van der Waals surface area contributed by atoms with Crippen LogP contribution in [0.5, 0.6) is 0 Å². The van der Waals surface area contributed by atoms with E-state index >= 15 is 0 Å². The number of carboxylic acids is 1. The number of rotatable bonds is 6. The summed E-state index contributed by atoms with van der Waals surface area (Å²) in [6, 6.07) is 6.86. The van der Waals surface area contributed by atoms with Gasteiger partial charge in [-0.3, -0.25) is 4.79 Å². The van der Waals surface area contributed by atoms with Crippen LogP contribution in [0.2, 0.25) is 0 Å². The summed E-state index contributed by atoms with van der Waals surface area (Å²) >= 11 is 0. The van der Waals surface area contributed by atoms with Crippen molar-refractivity contribution in [2.75, 3.05) is 0 Å². The molecule has 0 bridgehead atoms. The van der Waals surface area contributed by atoms with Crippen molar-refractivity contribution in [1.82, 2.24) is 10.3 Å². The maximum atomic E-state index is 12.2. The SMILES string of the molecule is C/C=C/CC(NC(=O)Cc1c(C)[nH]c2ccccc12)C(=O)O. The molecule has 0 saturated carbocycles. The van der Waals surface area contributed by atoms with E-state index in [2.05, 4.69) is 10.3 Å². The third kappa shape index (κ3) is 3.55. The molecule has 2 aromatic rings. The lowest BCUT2D eigenvalue weighted by atomic mass is 10.1. The number of aryl methyl sites for hydroxylation is 1. The first kappa shape index (κ1) is 15.8. The largest absolute Gasteiger partial charge is 0.480 e. The molecule has 1 aromatic heterocycles. The van der Waals surface area contributed by atoms with E-state index in [-0.39, 0.29) is 18.7 Å². The number of allylic oxidation sites excluding steroid dienone is 1. The highest BCUT2D eigenvalue weighted by atomic mass is 16.4. The predicted octanol–water partition coefficient (Wildman–Crippen LogP) is 2.55. The Labute approximate surface area is 129 Å². The van der Waals surface area contributed by atoms with Gasteiger partial charge in [0.15, 0.2) is 0 Å². The number of carbonyl (C=O) groups excluding carboxylic acids is 1. The highest BCUT2D eigenvalue weighted by Crippen LogP contribution is 2.22. The Morgan fingerprint density at radius 3 is 2.77 bits per heavy atom. The second-order valence-corrected chi connectivity index (χ2v) is 5.21. The van der Waals surface area contributed by atoms with Crippen molar-refractivity contribution in [2.24, 2.45) is 0 Å². The molecule has 1 aromatic carbocycles. The minimum absolute atomic E-state index is 0.162. The van der Waals surface area contributed by atoms with Crippen molar-refractivity contribution in [1.29, 1.82) is 0 Å². The molecular weight excluding hydrogens is 280 g/mol. The number of hydrogen-bond acceptors (Lipinski definition) is 2. The smallest absolute Gasteiger partial charge is 0.326 e. The number of nitrogens with one attached hydrogen (secondary N) is 2. The van der Waals surface area contributed by atoms with Crippen LogP contribution in [0.3, 0.4) is 0 Å². The van der Waals surface area contributed by atoms with Crippen LogP contribution in [0, 0.1) is 6.92 Å². The van der Waals surface area contributed by atoms with Gasteiger partial charge in [0.1, 0.15) is 6.04 Å². The molecule has 0 aliphatic rings. The van der Waals surface area contributed by atoms with Crippen LogP contribution < -0.4 is 5.32 Å². The van der Waals surface area contributed by atoms with E-state index in [0.717, 1.165) is 22.2 Å².